The number of rotatable bonds is 4. The third-order valence-corrected chi connectivity index (χ3v) is 6.30. The topological polar surface area (TPSA) is 147 Å². The highest BCUT2D eigenvalue weighted by atomic mass is 35.5. The summed E-state index contributed by atoms with van der Waals surface area (Å²) in [5.41, 5.74) is 0.252. The van der Waals surface area contributed by atoms with Crippen LogP contribution in [0, 0.1) is 5.82 Å². The average molecular weight is 485 g/mol. The van der Waals surface area contributed by atoms with Gasteiger partial charge in [0, 0.05) is 11.8 Å². The maximum Gasteiger partial charge on any atom is 0.530 e. The first-order chi connectivity index (χ1) is 14.5. The zero-order valence-electron chi connectivity index (χ0n) is 15.4. The number of hydrogen-bond donors (Lipinski definition) is 4. The molecule has 6 atom stereocenters. The molecule has 1 aromatic carbocycles. The van der Waals surface area contributed by atoms with Gasteiger partial charge >= 0.3 is 7.82 Å². The molecule has 0 bridgehead atoms. The van der Waals surface area contributed by atoms with Gasteiger partial charge in [0.2, 0.25) is 6.35 Å². The van der Waals surface area contributed by atoms with Crippen LogP contribution in [0.2, 0.25) is 0 Å². The molecule has 1 aromatic rings. The van der Waals surface area contributed by atoms with Gasteiger partial charge in [-0.3, -0.25) is 13.8 Å². The van der Waals surface area contributed by atoms with Crippen LogP contribution in [0.25, 0.3) is 0 Å². The number of ether oxygens (including phenoxy) is 1. The molecule has 0 aliphatic carbocycles. The van der Waals surface area contributed by atoms with Crippen molar-refractivity contribution in [2.75, 3.05) is 6.61 Å². The largest absolute Gasteiger partial charge is 0.530 e. The molecule has 0 aromatic heterocycles. The van der Waals surface area contributed by atoms with E-state index in [2.05, 4.69) is 0 Å². The van der Waals surface area contributed by atoms with Crippen LogP contribution in [-0.2, 0) is 29.8 Å². The number of nitrogens with zero attached hydrogens (tertiary/aromatic N) is 1. The van der Waals surface area contributed by atoms with E-state index in [1.807, 2.05) is 5.32 Å². The Kier molecular flexibility index (Phi) is 5.73. The van der Waals surface area contributed by atoms with E-state index in [1.165, 1.54) is 6.07 Å². The van der Waals surface area contributed by atoms with E-state index in [1.54, 1.807) is 0 Å². The second kappa shape index (κ2) is 7.94. The van der Waals surface area contributed by atoms with Crippen molar-refractivity contribution in [3.05, 3.63) is 40.8 Å². The predicted octanol–water partition coefficient (Wildman–Crippen LogP) is 0.391. The van der Waals surface area contributed by atoms with Crippen LogP contribution >= 0.6 is 19.4 Å². The number of carbonyl (C=O) groups excluding carboxylic acids is 1. The van der Waals surface area contributed by atoms with Gasteiger partial charge in [-0.05, 0) is 18.2 Å². The number of carbonyl (C=O) groups is 1. The molecule has 1 fully saturated rings. The van der Waals surface area contributed by atoms with Crippen molar-refractivity contribution in [3.8, 4) is 5.75 Å². The molecule has 0 saturated carbocycles. The lowest BCUT2D eigenvalue weighted by Gasteiger charge is -2.36. The summed E-state index contributed by atoms with van der Waals surface area (Å²) in [6.07, 6.45) is -6.70. The van der Waals surface area contributed by atoms with E-state index >= 15 is 4.39 Å². The molecule has 1 saturated heterocycles. The number of phosphoric ester groups is 1. The van der Waals surface area contributed by atoms with Crippen molar-refractivity contribution in [2.24, 2.45) is 0 Å². The van der Waals surface area contributed by atoms with Crippen molar-refractivity contribution in [1.29, 1.82) is 0 Å². The Hall–Kier alpha value is -1.83. The lowest BCUT2D eigenvalue weighted by atomic mass is 10.1. The van der Waals surface area contributed by atoms with Crippen LogP contribution in [-0.4, -0.2) is 63.4 Å². The second-order valence-corrected chi connectivity index (χ2v) is 8.84. The molecule has 11 nitrogen and oxygen atoms in total. The van der Waals surface area contributed by atoms with Gasteiger partial charge in [0.1, 0.15) is 35.4 Å². The number of nitrogens with one attached hydrogen (secondary N) is 1. The molecular weight excluding hydrogens is 469 g/mol. The predicted molar refractivity (Wildman–Crippen MR) is 96.0 cm³/mol. The quantitative estimate of drug-likeness (QED) is 0.442. The van der Waals surface area contributed by atoms with Gasteiger partial charge in [-0.15, -0.1) is 0 Å². The van der Waals surface area contributed by atoms with Crippen LogP contribution in [0.15, 0.2) is 29.4 Å². The van der Waals surface area contributed by atoms with E-state index in [0.717, 1.165) is 23.2 Å². The van der Waals surface area contributed by atoms with Gasteiger partial charge in [0.05, 0.1) is 6.61 Å². The number of phosphoric acid groups is 1. The van der Waals surface area contributed by atoms with Crippen LogP contribution in [0.5, 0.6) is 5.75 Å². The van der Waals surface area contributed by atoms with Crippen molar-refractivity contribution in [3.63, 3.8) is 0 Å². The minimum absolute atomic E-state index is 0.00153. The fourth-order valence-electron chi connectivity index (χ4n) is 3.12. The summed E-state index contributed by atoms with van der Waals surface area (Å²) in [7, 11) is -4.37. The molecule has 15 heteroatoms. The van der Waals surface area contributed by atoms with Crippen molar-refractivity contribution in [1.82, 2.24) is 10.2 Å². The molecule has 31 heavy (non-hydrogen) atoms. The third kappa shape index (κ3) is 4.15. The van der Waals surface area contributed by atoms with Crippen LogP contribution < -0.4 is 9.84 Å². The zero-order valence-corrected chi connectivity index (χ0v) is 17.0. The number of halogens is 3. The minimum Gasteiger partial charge on any atom is -0.404 e. The highest BCUT2D eigenvalue weighted by Crippen LogP contribution is 2.55. The molecular formula is C16H16ClF2N2O9P. The third-order valence-electron chi connectivity index (χ3n) is 4.72. The summed E-state index contributed by atoms with van der Waals surface area (Å²) in [5, 5.41) is 31.9. The molecule has 170 valence electrons. The van der Waals surface area contributed by atoms with Crippen molar-refractivity contribution < 1.29 is 51.8 Å². The maximum atomic E-state index is 15.2. The number of fused-ring (bicyclic) bond motifs is 1. The summed E-state index contributed by atoms with van der Waals surface area (Å²) in [6.45, 7) is -1.55. The van der Waals surface area contributed by atoms with Gasteiger partial charge in [0.25, 0.3) is 11.8 Å². The van der Waals surface area contributed by atoms with E-state index in [-0.39, 0.29) is 17.9 Å². The molecule has 4 N–H and O–H groups in total. The Morgan fingerprint density at radius 3 is 2.87 bits per heavy atom. The molecule has 0 radical (unpaired) electrons. The average Bonchev–Trinajstić information content (AvgIpc) is 2.94. The summed E-state index contributed by atoms with van der Waals surface area (Å²) >= 11 is 5.68. The number of aliphatic hydroxyl groups is 3. The molecule has 3 aliphatic heterocycles. The zero-order chi connectivity index (χ0) is 22.6. The molecule has 4 rings (SSSR count). The van der Waals surface area contributed by atoms with Gasteiger partial charge in [-0.2, -0.15) is 0 Å². The molecule has 3 aliphatic rings. The first kappa shape index (κ1) is 22.4. The Morgan fingerprint density at radius 2 is 2.13 bits per heavy atom. The number of hydrogen-bond acceptors (Lipinski definition) is 10. The lowest BCUT2D eigenvalue weighted by molar-refractivity contribution is -0.225. The molecule has 3 heterocycles. The smallest absolute Gasteiger partial charge is 0.404 e. The molecule has 1 amide bonds. The van der Waals surface area contributed by atoms with E-state index in [9.17, 15) is 29.1 Å². The Bertz CT molecular complexity index is 984. The SMILES string of the molecule is O=C1NC(O)N([C@@H]2O[C@](F)(COP3(=O)OCc4cc(F)ccc4O3)[C@@H](O)[C@H]2O)C=C1Cl. The fraction of sp³-hybridized carbons (Fsp3) is 0.438. The van der Waals surface area contributed by atoms with Gasteiger partial charge < -0.3 is 34.8 Å². The summed E-state index contributed by atoms with van der Waals surface area (Å²) in [5.74, 6) is -4.50. The number of benzene rings is 1. The Labute approximate surface area is 178 Å². The standard InChI is InChI=1S/C16H16ClF2N2O9P/c17-9-4-21(15(25)20-13(9)24)14-11(22)12(23)16(19,29-14)6-28-31(26)27-5-7-3-8(18)1-2-10(7)30-31/h1-4,11-12,14-15,22-23,25H,5-6H2,(H,20,24)/t11-,12+,14-,15?,16-,31?/m1/s1. The Balaban J connectivity index is 1.47. The number of amides is 1. The van der Waals surface area contributed by atoms with E-state index in [0.29, 0.717) is 0 Å². The fourth-order valence-corrected chi connectivity index (χ4v) is 4.51. The second-order valence-electron chi connectivity index (χ2n) is 6.84. The highest BCUT2D eigenvalue weighted by Gasteiger charge is 2.59. The van der Waals surface area contributed by atoms with Gasteiger partial charge in [-0.1, -0.05) is 11.6 Å². The maximum absolute atomic E-state index is 15.2. The van der Waals surface area contributed by atoms with Crippen LogP contribution in [0.3, 0.4) is 0 Å². The normalized spacial score (nSPS) is 37.7. The van der Waals surface area contributed by atoms with E-state index in [4.69, 9.17) is 29.9 Å². The first-order valence-electron chi connectivity index (χ1n) is 8.75. The van der Waals surface area contributed by atoms with Crippen LogP contribution in [0.1, 0.15) is 5.56 Å². The summed E-state index contributed by atoms with van der Waals surface area (Å²) in [6, 6.07) is 3.34. The van der Waals surface area contributed by atoms with Gasteiger partial charge in [0.15, 0.2) is 6.23 Å². The monoisotopic (exact) mass is 484 g/mol. The van der Waals surface area contributed by atoms with Crippen molar-refractivity contribution in [2.45, 2.75) is 37.2 Å². The summed E-state index contributed by atoms with van der Waals surface area (Å²) in [4.78, 5) is 12.2. The number of alkyl halides is 1. The van der Waals surface area contributed by atoms with Crippen molar-refractivity contribution >= 4 is 25.3 Å². The lowest BCUT2D eigenvalue weighted by Crippen LogP contribution is -2.56. The summed E-state index contributed by atoms with van der Waals surface area (Å²) < 4.78 is 61.1. The van der Waals surface area contributed by atoms with Crippen LogP contribution in [0.4, 0.5) is 8.78 Å². The minimum atomic E-state index is -4.37. The highest BCUT2D eigenvalue weighted by molar-refractivity contribution is 7.49. The first-order valence-corrected chi connectivity index (χ1v) is 10.6. The molecule has 0 spiro atoms. The van der Waals surface area contributed by atoms with Gasteiger partial charge in [-0.25, -0.2) is 13.3 Å². The van der Waals surface area contributed by atoms with E-state index < -0.39 is 61.8 Å². The number of aliphatic hydroxyl groups excluding tert-OH is 3. The molecule has 2 unspecified atom stereocenters. The Morgan fingerprint density at radius 1 is 1.39 bits per heavy atom.